The minimum Gasteiger partial charge on any atom is -0.398 e. The lowest BCUT2D eigenvalue weighted by atomic mass is 9.73. The summed E-state index contributed by atoms with van der Waals surface area (Å²) in [6.45, 7) is 2.32. The Morgan fingerprint density at radius 1 is 1.11 bits per heavy atom. The molecule has 2 aromatic carbocycles. The lowest BCUT2D eigenvalue weighted by Crippen LogP contribution is -2.23. The van der Waals surface area contributed by atoms with E-state index in [9.17, 15) is 0 Å². The number of hydrogen-bond donors (Lipinski definition) is 1. The van der Waals surface area contributed by atoms with Crippen LogP contribution in [0.4, 0.5) is 5.69 Å². The molecule has 1 nitrogen and oxygen atoms in total. The zero-order chi connectivity index (χ0) is 12.3. The van der Waals surface area contributed by atoms with E-state index in [1.165, 1.54) is 21.9 Å². The van der Waals surface area contributed by atoms with Gasteiger partial charge in [-0.1, -0.05) is 55.5 Å². The Morgan fingerprint density at radius 2 is 2.00 bits per heavy atom. The van der Waals surface area contributed by atoms with Crippen LogP contribution in [0.15, 0.2) is 54.6 Å². The van der Waals surface area contributed by atoms with Gasteiger partial charge in [0.05, 0.1) is 0 Å². The van der Waals surface area contributed by atoms with Crippen molar-refractivity contribution < 1.29 is 0 Å². The summed E-state index contributed by atoms with van der Waals surface area (Å²) in [6, 6.07) is 10.7. The molecule has 0 fully saturated rings. The van der Waals surface area contributed by atoms with E-state index in [0.717, 1.165) is 5.69 Å². The lowest BCUT2D eigenvalue weighted by molar-refractivity contribution is 0.551. The van der Waals surface area contributed by atoms with Crippen LogP contribution in [0.3, 0.4) is 0 Å². The third-order valence-corrected chi connectivity index (χ3v) is 4.53. The van der Waals surface area contributed by atoms with E-state index >= 15 is 0 Å². The molecule has 2 N–H and O–H groups in total. The summed E-state index contributed by atoms with van der Waals surface area (Å²) < 4.78 is 0. The quantitative estimate of drug-likeness (QED) is 0.686. The summed E-state index contributed by atoms with van der Waals surface area (Å²) in [7, 11) is 0. The van der Waals surface area contributed by atoms with E-state index in [2.05, 4.69) is 55.5 Å². The van der Waals surface area contributed by atoms with Crippen molar-refractivity contribution in [3.05, 3.63) is 65.8 Å². The Labute approximate surface area is 107 Å². The van der Waals surface area contributed by atoms with E-state index in [4.69, 9.17) is 5.73 Å². The molecule has 18 heavy (non-hydrogen) atoms. The SMILES string of the molecule is CC12C=CC=CC1c1ccc(N)c3cccc2c13. The first kappa shape index (κ1) is 9.95. The van der Waals surface area contributed by atoms with Crippen LogP contribution in [0.5, 0.6) is 0 Å². The van der Waals surface area contributed by atoms with Gasteiger partial charge >= 0.3 is 0 Å². The van der Waals surface area contributed by atoms with Crippen molar-refractivity contribution in [3.8, 4) is 0 Å². The first-order valence-corrected chi connectivity index (χ1v) is 6.39. The fourth-order valence-electron chi connectivity index (χ4n) is 3.58. The number of allylic oxidation sites excluding steroid dienone is 4. The van der Waals surface area contributed by atoms with Gasteiger partial charge in [-0.2, -0.15) is 0 Å². The van der Waals surface area contributed by atoms with Crippen molar-refractivity contribution in [2.24, 2.45) is 0 Å². The lowest BCUT2D eigenvalue weighted by Gasteiger charge is -2.30. The Bertz CT molecular complexity index is 724. The van der Waals surface area contributed by atoms with Crippen molar-refractivity contribution in [2.45, 2.75) is 18.3 Å². The highest BCUT2D eigenvalue weighted by Crippen LogP contribution is 2.54. The summed E-state index contributed by atoms with van der Waals surface area (Å²) in [6.07, 6.45) is 8.94. The molecule has 0 aromatic heterocycles. The average molecular weight is 233 g/mol. The molecule has 2 atom stereocenters. The van der Waals surface area contributed by atoms with Crippen LogP contribution in [0.1, 0.15) is 24.0 Å². The molecule has 88 valence electrons. The van der Waals surface area contributed by atoms with Crippen LogP contribution in [0, 0.1) is 0 Å². The highest BCUT2D eigenvalue weighted by atomic mass is 14.6. The first-order chi connectivity index (χ1) is 8.72. The van der Waals surface area contributed by atoms with Gasteiger partial charge in [0.2, 0.25) is 0 Å². The molecule has 1 heteroatoms. The fraction of sp³-hybridized carbons (Fsp3) is 0.176. The highest BCUT2D eigenvalue weighted by Gasteiger charge is 2.42. The molecule has 0 heterocycles. The molecule has 0 radical (unpaired) electrons. The third-order valence-electron chi connectivity index (χ3n) is 4.53. The smallest absolute Gasteiger partial charge is 0.0394 e. The molecule has 2 unspecified atom stereocenters. The maximum Gasteiger partial charge on any atom is 0.0394 e. The third kappa shape index (κ3) is 0.982. The minimum atomic E-state index is 0.0877. The molecule has 0 bridgehead atoms. The standard InChI is InChI=1S/C17H15N/c1-17-10-3-2-6-13(17)11-8-9-15(18)12-5-4-7-14(17)16(11)12/h2-10,13H,18H2,1H3. The monoisotopic (exact) mass is 233 g/mol. The second kappa shape index (κ2) is 3.05. The van der Waals surface area contributed by atoms with Gasteiger partial charge in [-0.15, -0.1) is 0 Å². The molecular weight excluding hydrogens is 218 g/mol. The molecule has 2 aliphatic rings. The fourth-order valence-corrected chi connectivity index (χ4v) is 3.58. The van der Waals surface area contributed by atoms with E-state index in [0.29, 0.717) is 5.92 Å². The maximum atomic E-state index is 6.12. The number of rotatable bonds is 0. The number of hydrogen-bond acceptors (Lipinski definition) is 1. The molecule has 2 aromatic rings. The Morgan fingerprint density at radius 3 is 2.89 bits per heavy atom. The van der Waals surface area contributed by atoms with Crippen LogP contribution in [-0.4, -0.2) is 0 Å². The predicted molar refractivity (Wildman–Crippen MR) is 76.7 cm³/mol. The van der Waals surface area contributed by atoms with E-state index in [1.807, 2.05) is 6.07 Å². The van der Waals surface area contributed by atoms with Gasteiger partial charge in [0.1, 0.15) is 0 Å². The van der Waals surface area contributed by atoms with Crippen molar-refractivity contribution in [2.75, 3.05) is 5.73 Å². The van der Waals surface area contributed by atoms with Crippen molar-refractivity contribution >= 4 is 16.5 Å². The summed E-state index contributed by atoms with van der Waals surface area (Å²) in [5, 5.41) is 2.56. The van der Waals surface area contributed by atoms with Gasteiger partial charge < -0.3 is 5.73 Å². The second-order valence-electron chi connectivity index (χ2n) is 5.48. The zero-order valence-electron chi connectivity index (χ0n) is 10.4. The van der Waals surface area contributed by atoms with Crippen LogP contribution in [0.25, 0.3) is 10.8 Å². The Kier molecular flexibility index (Phi) is 1.69. The summed E-state index contributed by atoms with van der Waals surface area (Å²) in [4.78, 5) is 0. The molecule has 0 aliphatic heterocycles. The molecule has 0 saturated heterocycles. The molecule has 0 spiro atoms. The van der Waals surface area contributed by atoms with Gasteiger partial charge in [-0.05, 0) is 22.6 Å². The molecule has 0 saturated carbocycles. The Hall–Kier alpha value is -2.02. The summed E-state index contributed by atoms with van der Waals surface area (Å²) in [5.41, 5.74) is 9.91. The molecule has 4 rings (SSSR count). The minimum absolute atomic E-state index is 0.0877. The van der Waals surface area contributed by atoms with E-state index < -0.39 is 0 Å². The topological polar surface area (TPSA) is 26.0 Å². The zero-order valence-corrected chi connectivity index (χ0v) is 10.4. The normalized spacial score (nSPS) is 27.7. The predicted octanol–water partition coefficient (Wildman–Crippen LogP) is 3.90. The number of benzene rings is 2. The van der Waals surface area contributed by atoms with Gasteiger partial charge in [0, 0.05) is 22.4 Å². The van der Waals surface area contributed by atoms with Crippen LogP contribution >= 0.6 is 0 Å². The number of fused-ring (bicyclic) bond motifs is 3. The van der Waals surface area contributed by atoms with Crippen LogP contribution in [-0.2, 0) is 5.41 Å². The van der Waals surface area contributed by atoms with Gasteiger partial charge in [0.15, 0.2) is 0 Å². The number of anilines is 1. The van der Waals surface area contributed by atoms with Crippen molar-refractivity contribution in [1.82, 2.24) is 0 Å². The molecule has 2 aliphatic carbocycles. The highest BCUT2D eigenvalue weighted by molar-refractivity contribution is 6.01. The maximum absolute atomic E-state index is 6.12. The van der Waals surface area contributed by atoms with E-state index in [1.54, 1.807) is 0 Å². The second-order valence-corrected chi connectivity index (χ2v) is 5.48. The number of nitrogens with two attached hydrogens (primary N) is 1. The van der Waals surface area contributed by atoms with Crippen molar-refractivity contribution in [3.63, 3.8) is 0 Å². The van der Waals surface area contributed by atoms with Crippen molar-refractivity contribution in [1.29, 1.82) is 0 Å². The van der Waals surface area contributed by atoms with Crippen LogP contribution in [0.2, 0.25) is 0 Å². The largest absolute Gasteiger partial charge is 0.398 e. The van der Waals surface area contributed by atoms with E-state index in [-0.39, 0.29) is 5.41 Å². The van der Waals surface area contributed by atoms with Gasteiger partial charge in [-0.3, -0.25) is 0 Å². The average Bonchev–Trinajstić information content (AvgIpc) is 2.65. The molecular formula is C17H15N. The summed E-state index contributed by atoms with van der Waals surface area (Å²) in [5.74, 6) is 0.447. The first-order valence-electron chi connectivity index (χ1n) is 6.39. The molecule has 0 amide bonds. The number of nitrogen functional groups attached to an aromatic ring is 1. The van der Waals surface area contributed by atoms with Crippen LogP contribution < -0.4 is 5.73 Å². The van der Waals surface area contributed by atoms with Gasteiger partial charge in [0.25, 0.3) is 0 Å². The Balaban J connectivity index is 2.20. The summed E-state index contributed by atoms with van der Waals surface area (Å²) >= 11 is 0. The van der Waals surface area contributed by atoms with Gasteiger partial charge in [-0.25, -0.2) is 0 Å².